The highest BCUT2D eigenvalue weighted by Gasteiger charge is 2.31. The van der Waals surface area contributed by atoms with Gasteiger partial charge in [0.15, 0.2) is 5.82 Å². The highest BCUT2D eigenvalue weighted by molar-refractivity contribution is 5.85. The third-order valence-corrected chi connectivity index (χ3v) is 5.25. The number of para-hydroxylation sites is 1. The second-order valence-corrected chi connectivity index (χ2v) is 7.71. The summed E-state index contributed by atoms with van der Waals surface area (Å²) in [6.07, 6.45) is -3.12. The van der Waals surface area contributed by atoms with Gasteiger partial charge in [-0.25, -0.2) is 4.98 Å². The maximum Gasteiger partial charge on any atom is 0.416 e. The third kappa shape index (κ3) is 4.50. The number of nitrogens with zero attached hydrogens (tertiary/aromatic N) is 4. The molecule has 174 valence electrons. The van der Waals surface area contributed by atoms with Crippen molar-refractivity contribution in [2.24, 2.45) is 5.10 Å². The van der Waals surface area contributed by atoms with Crippen LogP contribution in [0.3, 0.4) is 0 Å². The number of rotatable bonds is 5. The van der Waals surface area contributed by atoms with Gasteiger partial charge in [-0.05, 0) is 36.4 Å². The average Bonchev–Trinajstić information content (AvgIpc) is 2.82. The van der Waals surface area contributed by atoms with Crippen molar-refractivity contribution in [3.8, 4) is 17.1 Å². The van der Waals surface area contributed by atoms with Crippen LogP contribution in [0.2, 0.25) is 0 Å². The molecule has 0 unspecified atom stereocenters. The van der Waals surface area contributed by atoms with Gasteiger partial charge in [0.05, 0.1) is 29.8 Å². The highest BCUT2D eigenvalue weighted by atomic mass is 19.4. The van der Waals surface area contributed by atoms with Crippen LogP contribution >= 0.6 is 0 Å². The summed E-state index contributed by atoms with van der Waals surface area (Å²) < 4.78 is 46.4. The molecule has 0 atom stereocenters. The molecule has 3 aromatic carbocycles. The van der Waals surface area contributed by atoms with Gasteiger partial charge in [-0.2, -0.15) is 22.9 Å². The van der Waals surface area contributed by atoms with Crippen LogP contribution in [0.15, 0.2) is 76.6 Å². The normalized spacial score (nSPS) is 11.8. The Morgan fingerprint density at radius 1 is 1.03 bits per heavy atom. The number of hydrogen-bond acceptors (Lipinski definition) is 5. The molecule has 0 bridgehead atoms. The summed E-state index contributed by atoms with van der Waals surface area (Å²) in [4.78, 5) is 19.6. The number of fused-ring (bicyclic) bond motifs is 1. The molecular weight excluding hydrogens is 445 g/mol. The van der Waals surface area contributed by atoms with E-state index in [1.54, 1.807) is 30.3 Å². The van der Waals surface area contributed by atoms with Gasteiger partial charge < -0.3 is 9.64 Å². The van der Waals surface area contributed by atoms with Crippen LogP contribution in [0.25, 0.3) is 22.3 Å². The fourth-order valence-electron chi connectivity index (χ4n) is 3.46. The van der Waals surface area contributed by atoms with Crippen LogP contribution in [0.5, 0.6) is 5.75 Å². The van der Waals surface area contributed by atoms with Crippen molar-refractivity contribution in [1.29, 1.82) is 0 Å². The van der Waals surface area contributed by atoms with E-state index in [1.807, 2.05) is 31.1 Å². The van der Waals surface area contributed by atoms with Gasteiger partial charge in [0.2, 0.25) is 0 Å². The molecule has 0 N–H and O–H groups in total. The first-order valence-electron chi connectivity index (χ1n) is 10.3. The number of methoxy groups -OCH3 is 1. The summed E-state index contributed by atoms with van der Waals surface area (Å²) in [5.74, 6) is 0.521. The van der Waals surface area contributed by atoms with Crippen molar-refractivity contribution in [2.75, 3.05) is 26.1 Å². The number of ether oxygens (including phenoxy) is 1. The minimum absolute atomic E-state index is 0.00470. The lowest BCUT2D eigenvalue weighted by molar-refractivity contribution is -0.137. The SMILES string of the molecule is COc1cc(N(C)C)ccc1C=Nn1c(-c2cccc(C(F)(F)F)c2)nc2ccccc2c1=O. The molecule has 9 heteroatoms. The molecule has 0 saturated heterocycles. The molecule has 1 aromatic heterocycles. The maximum absolute atomic E-state index is 13.3. The molecule has 34 heavy (non-hydrogen) atoms. The largest absolute Gasteiger partial charge is 0.496 e. The van der Waals surface area contributed by atoms with E-state index < -0.39 is 17.3 Å². The molecule has 1 heterocycles. The molecule has 6 nitrogen and oxygen atoms in total. The Balaban J connectivity index is 1.91. The lowest BCUT2D eigenvalue weighted by Gasteiger charge is -2.15. The first kappa shape index (κ1) is 23.0. The smallest absolute Gasteiger partial charge is 0.416 e. The van der Waals surface area contributed by atoms with Gasteiger partial charge in [0.1, 0.15) is 5.75 Å². The number of halogens is 3. The average molecular weight is 466 g/mol. The van der Waals surface area contributed by atoms with Crippen molar-refractivity contribution in [3.05, 3.63) is 88.2 Å². The lowest BCUT2D eigenvalue weighted by Crippen LogP contribution is -2.20. The molecule has 0 aliphatic carbocycles. The second-order valence-electron chi connectivity index (χ2n) is 7.71. The number of anilines is 1. The van der Waals surface area contributed by atoms with Gasteiger partial charge in [0, 0.05) is 37.0 Å². The summed E-state index contributed by atoms with van der Waals surface area (Å²) >= 11 is 0. The van der Waals surface area contributed by atoms with Crippen LogP contribution in [-0.4, -0.2) is 37.1 Å². The Kier molecular flexibility index (Phi) is 6.10. The van der Waals surface area contributed by atoms with Crippen molar-refractivity contribution in [2.45, 2.75) is 6.18 Å². The minimum atomic E-state index is -4.54. The Morgan fingerprint density at radius 3 is 2.50 bits per heavy atom. The molecule has 0 aliphatic heterocycles. The predicted molar refractivity (Wildman–Crippen MR) is 127 cm³/mol. The molecule has 0 radical (unpaired) electrons. The molecular formula is C25H21F3N4O2. The highest BCUT2D eigenvalue weighted by Crippen LogP contribution is 2.32. The monoisotopic (exact) mass is 466 g/mol. The number of hydrogen-bond donors (Lipinski definition) is 0. The Hall–Kier alpha value is -4.14. The molecule has 4 rings (SSSR count). The van der Waals surface area contributed by atoms with Crippen LogP contribution < -0.4 is 15.2 Å². The lowest BCUT2D eigenvalue weighted by atomic mass is 10.1. The van der Waals surface area contributed by atoms with E-state index in [0.29, 0.717) is 22.2 Å². The zero-order valence-electron chi connectivity index (χ0n) is 18.7. The van der Waals surface area contributed by atoms with Gasteiger partial charge in [0.25, 0.3) is 5.56 Å². The number of aromatic nitrogens is 2. The number of benzene rings is 3. The van der Waals surface area contributed by atoms with Crippen LogP contribution in [0, 0.1) is 0 Å². The van der Waals surface area contributed by atoms with E-state index in [2.05, 4.69) is 10.1 Å². The zero-order chi connectivity index (χ0) is 24.5. The quantitative estimate of drug-likeness (QED) is 0.387. The van der Waals surface area contributed by atoms with E-state index >= 15 is 0 Å². The molecule has 0 saturated carbocycles. The third-order valence-electron chi connectivity index (χ3n) is 5.25. The summed E-state index contributed by atoms with van der Waals surface area (Å²) in [6.45, 7) is 0. The molecule has 0 amide bonds. The summed E-state index contributed by atoms with van der Waals surface area (Å²) in [7, 11) is 5.30. The predicted octanol–water partition coefficient (Wildman–Crippen LogP) is 5.04. The molecule has 0 aliphatic rings. The Labute approximate surface area is 193 Å². The summed E-state index contributed by atoms with van der Waals surface area (Å²) in [6, 6.07) is 16.7. The fraction of sp³-hybridized carbons (Fsp3) is 0.160. The van der Waals surface area contributed by atoms with Crippen LogP contribution in [0.4, 0.5) is 18.9 Å². The van der Waals surface area contributed by atoms with Crippen LogP contribution in [-0.2, 0) is 6.18 Å². The van der Waals surface area contributed by atoms with Crippen molar-refractivity contribution < 1.29 is 17.9 Å². The van der Waals surface area contributed by atoms with Crippen molar-refractivity contribution in [3.63, 3.8) is 0 Å². The van der Waals surface area contributed by atoms with Crippen LogP contribution in [0.1, 0.15) is 11.1 Å². The zero-order valence-corrected chi connectivity index (χ0v) is 18.7. The van der Waals surface area contributed by atoms with Gasteiger partial charge in [-0.1, -0.05) is 24.3 Å². The van der Waals surface area contributed by atoms with Gasteiger partial charge >= 0.3 is 6.18 Å². The van der Waals surface area contributed by atoms with Crippen molar-refractivity contribution >= 4 is 22.8 Å². The van der Waals surface area contributed by atoms with E-state index in [0.717, 1.165) is 22.5 Å². The summed E-state index contributed by atoms with van der Waals surface area (Å²) in [5.41, 5.74) is 0.623. The molecule has 4 aromatic rings. The van der Waals surface area contributed by atoms with Gasteiger partial charge in [-0.3, -0.25) is 4.79 Å². The maximum atomic E-state index is 13.3. The van der Waals surface area contributed by atoms with E-state index in [9.17, 15) is 18.0 Å². The number of alkyl halides is 3. The molecule has 0 spiro atoms. The first-order valence-corrected chi connectivity index (χ1v) is 10.3. The first-order chi connectivity index (χ1) is 16.2. The minimum Gasteiger partial charge on any atom is -0.496 e. The Bertz CT molecular complexity index is 1440. The van der Waals surface area contributed by atoms with Crippen molar-refractivity contribution in [1.82, 2.24) is 9.66 Å². The standard InChI is InChI=1S/C25H21F3N4O2/c1-31(2)19-12-11-17(22(14-19)34-3)15-29-32-23(16-7-6-8-18(13-16)25(26,27)28)30-21-10-5-4-9-20(21)24(32)33/h4-15H,1-3H3. The van der Waals surface area contributed by atoms with E-state index in [-0.39, 0.29) is 11.4 Å². The fourth-order valence-corrected chi connectivity index (χ4v) is 3.46. The van der Waals surface area contributed by atoms with E-state index in [4.69, 9.17) is 4.74 Å². The topological polar surface area (TPSA) is 59.7 Å². The Morgan fingerprint density at radius 2 is 1.79 bits per heavy atom. The van der Waals surface area contributed by atoms with Gasteiger partial charge in [-0.15, -0.1) is 0 Å². The molecule has 0 fully saturated rings. The second kappa shape index (κ2) is 9.01. The summed E-state index contributed by atoms with van der Waals surface area (Å²) in [5, 5.41) is 4.62. The van der Waals surface area contributed by atoms with E-state index in [1.165, 1.54) is 25.5 Å².